The van der Waals surface area contributed by atoms with E-state index >= 15 is 0 Å². The van der Waals surface area contributed by atoms with Gasteiger partial charge in [-0.25, -0.2) is 0 Å². The normalized spacial score (nSPS) is 12.3. The molecule has 1 heteroatoms. The minimum atomic E-state index is 0.529. The Kier molecular flexibility index (Phi) is 4.16. The maximum Gasteiger partial charge on any atom is 0.0167 e. The summed E-state index contributed by atoms with van der Waals surface area (Å²) in [6, 6.07) is 15.5. The molecule has 2 aromatic carbocycles. The van der Waals surface area contributed by atoms with Crippen LogP contribution in [0.25, 0.3) is 16.8 Å². The second-order valence-corrected chi connectivity index (χ2v) is 5.09. The lowest BCUT2D eigenvalue weighted by atomic mass is 10.0. The quantitative estimate of drug-likeness (QED) is 0.841. The molecule has 0 amide bonds. The molecule has 0 aliphatic carbocycles. The van der Waals surface area contributed by atoms with Crippen LogP contribution in [0.2, 0.25) is 0 Å². The molecule has 2 aromatic rings. The maximum absolute atomic E-state index is 3.45. The van der Waals surface area contributed by atoms with E-state index < -0.39 is 0 Å². The van der Waals surface area contributed by atoms with Crippen LogP contribution in [0.15, 0.2) is 48.0 Å². The molecule has 1 nitrogen and oxygen atoms in total. The molecule has 0 bridgehead atoms. The summed E-state index contributed by atoms with van der Waals surface area (Å²) in [7, 11) is 0. The number of hydrogen-bond acceptors (Lipinski definition) is 1. The van der Waals surface area contributed by atoms with Crippen LogP contribution in [0.4, 0.5) is 0 Å². The first-order valence-corrected chi connectivity index (χ1v) is 6.55. The molecule has 0 aliphatic rings. The highest BCUT2D eigenvalue weighted by Crippen LogP contribution is 2.20. The fourth-order valence-electron chi connectivity index (χ4n) is 2.06. The Morgan fingerprint density at radius 2 is 1.83 bits per heavy atom. The number of rotatable bonds is 4. The van der Waals surface area contributed by atoms with Crippen molar-refractivity contribution in [3.05, 3.63) is 53.6 Å². The summed E-state index contributed by atoms with van der Waals surface area (Å²) in [5.41, 5.74) is 2.66. The summed E-state index contributed by atoms with van der Waals surface area (Å²) in [4.78, 5) is 0. The van der Waals surface area contributed by atoms with Gasteiger partial charge in [-0.2, -0.15) is 0 Å². The molecule has 1 N–H and O–H groups in total. The van der Waals surface area contributed by atoms with E-state index in [1.54, 1.807) is 0 Å². The molecule has 0 unspecified atom stereocenters. The van der Waals surface area contributed by atoms with Crippen molar-refractivity contribution < 1.29 is 0 Å². The largest absolute Gasteiger partial charge is 0.311 e. The highest BCUT2D eigenvalue weighted by molar-refractivity contribution is 5.90. The van der Waals surface area contributed by atoms with Gasteiger partial charge in [-0.05, 0) is 23.3 Å². The van der Waals surface area contributed by atoms with E-state index in [-0.39, 0.29) is 0 Å². The third kappa shape index (κ3) is 3.21. The Morgan fingerprint density at radius 3 is 2.61 bits per heavy atom. The van der Waals surface area contributed by atoms with Crippen LogP contribution in [-0.4, -0.2) is 12.6 Å². The Bertz CT molecular complexity index is 547. The molecular weight excluding hydrogens is 218 g/mol. The first kappa shape index (κ1) is 12.8. The summed E-state index contributed by atoms with van der Waals surface area (Å²) in [6.07, 6.45) is 2.28. The van der Waals surface area contributed by atoms with Gasteiger partial charge in [-0.15, -0.1) is 0 Å². The summed E-state index contributed by atoms with van der Waals surface area (Å²) in [5, 5.41) is 6.07. The van der Waals surface area contributed by atoms with E-state index in [1.807, 2.05) is 0 Å². The highest BCUT2D eigenvalue weighted by atomic mass is 14.9. The number of nitrogens with one attached hydrogen (secondary N) is 1. The first-order chi connectivity index (χ1) is 8.66. The van der Waals surface area contributed by atoms with Gasteiger partial charge in [0.15, 0.2) is 0 Å². The van der Waals surface area contributed by atoms with Crippen molar-refractivity contribution in [2.75, 3.05) is 6.54 Å². The van der Waals surface area contributed by atoms with Gasteiger partial charge in [0.1, 0.15) is 0 Å². The van der Waals surface area contributed by atoms with Crippen molar-refractivity contribution in [1.29, 1.82) is 0 Å². The molecule has 0 spiro atoms. The van der Waals surface area contributed by atoms with Gasteiger partial charge in [-0.3, -0.25) is 0 Å². The predicted octanol–water partition coefficient (Wildman–Crippen LogP) is 4.24. The molecule has 0 saturated heterocycles. The second-order valence-electron chi connectivity index (χ2n) is 5.09. The predicted molar refractivity (Wildman–Crippen MR) is 80.7 cm³/mol. The average Bonchev–Trinajstić information content (AvgIpc) is 2.37. The fourth-order valence-corrected chi connectivity index (χ4v) is 2.06. The maximum atomic E-state index is 3.45. The molecule has 0 fully saturated rings. The molecule has 0 aliphatic heterocycles. The van der Waals surface area contributed by atoms with Gasteiger partial charge in [-0.1, -0.05) is 68.0 Å². The number of fused-ring (bicyclic) bond motifs is 1. The van der Waals surface area contributed by atoms with E-state index in [9.17, 15) is 0 Å². The standard InChI is InChI=1S/C17H21N/c1-13(2)18-12-14(3)11-16-9-6-8-15-7-4-5-10-17(15)16/h4-11,13,18H,12H2,1-3H3. The van der Waals surface area contributed by atoms with Crippen molar-refractivity contribution in [1.82, 2.24) is 5.32 Å². The van der Waals surface area contributed by atoms with E-state index in [2.05, 4.69) is 74.6 Å². The van der Waals surface area contributed by atoms with Gasteiger partial charge in [0.25, 0.3) is 0 Å². The van der Waals surface area contributed by atoms with Crippen molar-refractivity contribution in [3.8, 4) is 0 Å². The molecule has 2 rings (SSSR count). The van der Waals surface area contributed by atoms with E-state index in [1.165, 1.54) is 21.9 Å². The van der Waals surface area contributed by atoms with Crippen molar-refractivity contribution in [2.24, 2.45) is 0 Å². The zero-order chi connectivity index (χ0) is 13.0. The summed E-state index contributed by atoms with van der Waals surface area (Å²) in [5.74, 6) is 0. The minimum absolute atomic E-state index is 0.529. The molecule has 0 heterocycles. The molecule has 0 aromatic heterocycles. The van der Waals surface area contributed by atoms with Crippen LogP contribution in [0.5, 0.6) is 0 Å². The topological polar surface area (TPSA) is 12.0 Å². The van der Waals surface area contributed by atoms with E-state index in [0.29, 0.717) is 6.04 Å². The third-order valence-corrected chi connectivity index (χ3v) is 3.01. The summed E-state index contributed by atoms with van der Waals surface area (Å²) >= 11 is 0. The van der Waals surface area contributed by atoms with Gasteiger partial charge < -0.3 is 5.32 Å². The molecule has 0 radical (unpaired) electrons. The Hall–Kier alpha value is -1.60. The van der Waals surface area contributed by atoms with Gasteiger partial charge in [0.05, 0.1) is 0 Å². The average molecular weight is 239 g/mol. The summed E-state index contributed by atoms with van der Waals surface area (Å²) in [6.45, 7) is 7.47. The lowest BCUT2D eigenvalue weighted by Crippen LogP contribution is -2.24. The minimum Gasteiger partial charge on any atom is -0.311 e. The van der Waals surface area contributed by atoms with Gasteiger partial charge in [0, 0.05) is 12.6 Å². The van der Waals surface area contributed by atoms with Crippen LogP contribution in [0.3, 0.4) is 0 Å². The SMILES string of the molecule is CC(=Cc1cccc2ccccc12)CNC(C)C. The number of benzene rings is 2. The van der Waals surface area contributed by atoms with Crippen LogP contribution < -0.4 is 5.32 Å². The molecule has 0 saturated carbocycles. The molecule has 94 valence electrons. The van der Waals surface area contributed by atoms with Crippen LogP contribution in [0.1, 0.15) is 26.3 Å². The van der Waals surface area contributed by atoms with Crippen molar-refractivity contribution in [3.63, 3.8) is 0 Å². The van der Waals surface area contributed by atoms with Crippen LogP contribution in [-0.2, 0) is 0 Å². The van der Waals surface area contributed by atoms with Crippen molar-refractivity contribution in [2.45, 2.75) is 26.8 Å². The highest BCUT2D eigenvalue weighted by Gasteiger charge is 1.99. The van der Waals surface area contributed by atoms with E-state index in [0.717, 1.165) is 6.54 Å². The monoisotopic (exact) mass is 239 g/mol. The third-order valence-electron chi connectivity index (χ3n) is 3.01. The lowest BCUT2D eigenvalue weighted by molar-refractivity contribution is 0.623. The second kappa shape index (κ2) is 5.83. The zero-order valence-corrected chi connectivity index (χ0v) is 11.4. The Morgan fingerprint density at radius 1 is 1.11 bits per heavy atom. The van der Waals surface area contributed by atoms with Crippen LogP contribution >= 0.6 is 0 Å². The number of hydrogen-bond donors (Lipinski definition) is 1. The fraction of sp³-hybridized carbons (Fsp3) is 0.294. The Balaban J connectivity index is 2.28. The smallest absolute Gasteiger partial charge is 0.0167 e. The first-order valence-electron chi connectivity index (χ1n) is 6.55. The van der Waals surface area contributed by atoms with Gasteiger partial charge >= 0.3 is 0 Å². The van der Waals surface area contributed by atoms with Gasteiger partial charge in [0.2, 0.25) is 0 Å². The van der Waals surface area contributed by atoms with E-state index in [4.69, 9.17) is 0 Å². The zero-order valence-electron chi connectivity index (χ0n) is 11.4. The molecule has 18 heavy (non-hydrogen) atoms. The molecular formula is C17H21N. The Labute approximate surface area is 110 Å². The lowest BCUT2D eigenvalue weighted by Gasteiger charge is -2.09. The summed E-state index contributed by atoms with van der Waals surface area (Å²) < 4.78 is 0. The molecule has 0 atom stereocenters. The van der Waals surface area contributed by atoms with Crippen LogP contribution in [0, 0.1) is 0 Å². The van der Waals surface area contributed by atoms with Crippen molar-refractivity contribution >= 4 is 16.8 Å².